The first-order valence-electron chi connectivity index (χ1n) is 9.02. The molecule has 1 aromatic heterocycles. The number of carbonyl (C=O) groups excluding carboxylic acids is 1. The van der Waals surface area contributed by atoms with E-state index in [1.807, 2.05) is 6.07 Å². The number of thiophene rings is 1. The predicted molar refractivity (Wildman–Crippen MR) is 106 cm³/mol. The fourth-order valence-corrected chi connectivity index (χ4v) is 6.39. The zero-order chi connectivity index (χ0) is 19.4. The summed E-state index contributed by atoms with van der Waals surface area (Å²) in [4.78, 5) is 12.3. The summed E-state index contributed by atoms with van der Waals surface area (Å²) in [5, 5.41) is 13.7. The Bertz CT molecular complexity index is 908. The fourth-order valence-electron chi connectivity index (χ4n) is 3.46. The molecule has 1 fully saturated rings. The molecular weight excluding hydrogens is 384 g/mol. The van der Waals surface area contributed by atoms with Gasteiger partial charge in [-0.15, -0.1) is 11.3 Å². The molecule has 6 nitrogen and oxygen atoms in total. The van der Waals surface area contributed by atoms with Gasteiger partial charge in [-0.25, -0.2) is 8.42 Å². The van der Waals surface area contributed by atoms with E-state index in [1.54, 1.807) is 27.9 Å². The molecule has 1 amide bonds. The summed E-state index contributed by atoms with van der Waals surface area (Å²) < 4.78 is 27.9. The van der Waals surface area contributed by atoms with Gasteiger partial charge in [-0.1, -0.05) is 18.6 Å². The van der Waals surface area contributed by atoms with E-state index in [4.69, 9.17) is 0 Å². The van der Waals surface area contributed by atoms with Crippen LogP contribution in [0.25, 0.3) is 0 Å². The molecule has 2 N–H and O–H groups in total. The smallest absolute Gasteiger partial charge is 0.261 e. The minimum absolute atomic E-state index is 0.0746. The zero-order valence-corrected chi connectivity index (χ0v) is 16.9. The van der Waals surface area contributed by atoms with Crippen molar-refractivity contribution >= 4 is 27.3 Å². The van der Waals surface area contributed by atoms with Crippen LogP contribution in [0, 0.1) is 0 Å². The van der Waals surface area contributed by atoms with Gasteiger partial charge in [0.1, 0.15) is 5.75 Å². The lowest BCUT2D eigenvalue weighted by Crippen LogP contribution is -2.43. The SMILES string of the molecule is CNC(=O)c1cc(S(=O)(=O)N2CCCCC2CCc2cccc(O)c2)cs1. The van der Waals surface area contributed by atoms with Crippen LogP contribution in [0.15, 0.2) is 40.6 Å². The molecular formula is C19H24N2O4S2. The Morgan fingerprint density at radius 3 is 2.89 bits per heavy atom. The molecule has 0 spiro atoms. The normalized spacial score (nSPS) is 18.3. The Morgan fingerprint density at radius 2 is 2.15 bits per heavy atom. The summed E-state index contributed by atoms with van der Waals surface area (Å²) in [6.07, 6.45) is 4.08. The molecule has 0 aliphatic carbocycles. The molecule has 1 aromatic carbocycles. The molecule has 0 saturated carbocycles. The summed E-state index contributed by atoms with van der Waals surface area (Å²) in [6, 6.07) is 8.47. The number of amides is 1. The Kier molecular flexibility index (Phi) is 6.18. The summed E-state index contributed by atoms with van der Waals surface area (Å²) >= 11 is 1.14. The highest BCUT2D eigenvalue weighted by Crippen LogP contribution is 2.30. The van der Waals surface area contributed by atoms with Crippen LogP contribution < -0.4 is 5.32 Å². The second-order valence-corrected chi connectivity index (χ2v) is 9.50. The highest BCUT2D eigenvalue weighted by atomic mass is 32.2. The highest BCUT2D eigenvalue weighted by Gasteiger charge is 2.34. The predicted octanol–water partition coefficient (Wildman–Crippen LogP) is 2.99. The fraction of sp³-hybridized carbons (Fsp3) is 0.421. The number of rotatable bonds is 6. The number of nitrogens with one attached hydrogen (secondary N) is 1. The number of nitrogens with zero attached hydrogens (tertiary/aromatic N) is 1. The average molecular weight is 409 g/mol. The number of sulfonamides is 1. The van der Waals surface area contributed by atoms with Gasteiger partial charge in [-0.3, -0.25) is 4.79 Å². The van der Waals surface area contributed by atoms with Gasteiger partial charge in [0.2, 0.25) is 10.0 Å². The third kappa shape index (κ3) is 4.51. The van der Waals surface area contributed by atoms with Crippen LogP contribution in [0.5, 0.6) is 5.75 Å². The van der Waals surface area contributed by atoms with Crippen molar-refractivity contribution in [3.63, 3.8) is 0 Å². The maximum Gasteiger partial charge on any atom is 0.261 e. The molecule has 1 unspecified atom stereocenters. The van der Waals surface area contributed by atoms with Gasteiger partial charge in [-0.2, -0.15) is 4.31 Å². The van der Waals surface area contributed by atoms with Gasteiger partial charge >= 0.3 is 0 Å². The van der Waals surface area contributed by atoms with E-state index in [9.17, 15) is 18.3 Å². The van der Waals surface area contributed by atoms with Gasteiger partial charge in [0, 0.05) is 25.0 Å². The number of hydrogen-bond acceptors (Lipinski definition) is 5. The molecule has 3 rings (SSSR count). The van der Waals surface area contributed by atoms with Crippen molar-refractivity contribution in [1.82, 2.24) is 9.62 Å². The van der Waals surface area contributed by atoms with Crippen LogP contribution >= 0.6 is 11.3 Å². The van der Waals surface area contributed by atoms with Crippen LogP contribution in [-0.2, 0) is 16.4 Å². The zero-order valence-electron chi connectivity index (χ0n) is 15.2. The number of piperidine rings is 1. The van der Waals surface area contributed by atoms with Crippen LogP contribution in [0.4, 0.5) is 0 Å². The lowest BCUT2D eigenvalue weighted by molar-refractivity contribution is 0.0967. The quantitative estimate of drug-likeness (QED) is 0.769. The van der Waals surface area contributed by atoms with Crippen molar-refractivity contribution < 1.29 is 18.3 Å². The molecule has 8 heteroatoms. The number of aryl methyl sites for hydroxylation is 1. The summed E-state index contributed by atoms with van der Waals surface area (Å²) in [7, 11) is -2.10. The van der Waals surface area contributed by atoms with Crippen molar-refractivity contribution in [2.24, 2.45) is 0 Å². The molecule has 2 aromatic rings. The second kappa shape index (κ2) is 8.41. The first-order valence-corrected chi connectivity index (χ1v) is 11.3. The Hall–Kier alpha value is -1.90. The number of phenolic OH excluding ortho intramolecular Hbond substituents is 1. The lowest BCUT2D eigenvalue weighted by atomic mass is 9.98. The minimum Gasteiger partial charge on any atom is -0.508 e. The average Bonchev–Trinajstić information content (AvgIpc) is 3.17. The number of carbonyl (C=O) groups is 1. The highest BCUT2D eigenvalue weighted by molar-refractivity contribution is 7.89. The molecule has 0 bridgehead atoms. The largest absolute Gasteiger partial charge is 0.508 e. The van der Waals surface area contributed by atoms with Crippen molar-refractivity contribution in [2.45, 2.75) is 43.0 Å². The van der Waals surface area contributed by atoms with Gasteiger partial charge in [-0.05, 0) is 49.4 Å². The molecule has 146 valence electrons. The third-order valence-corrected chi connectivity index (χ3v) is 7.89. The Labute approximate surface area is 163 Å². The molecule has 1 aliphatic heterocycles. The monoisotopic (exact) mass is 408 g/mol. The first-order chi connectivity index (χ1) is 12.9. The maximum atomic E-state index is 13.1. The molecule has 1 aliphatic rings. The summed E-state index contributed by atoms with van der Waals surface area (Å²) in [5.41, 5.74) is 0.996. The molecule has 27 heavy (non-hydrogen) atoms. The molecule has 2 heterocycles. The molecule has 1 saturated heterocycles. The van der Waals surface area contributed by atoms with E-state index in [2.05, 4.69) is 5.32 Å². The third-order valence-electron chi connectivity index (χ3n) is 4.88. The number of aromatic hydroxyl groups is 1. The van der Waals surface area contributed by atoms with Crippen molar-refractivity contribution in [1.29, 1.82) is 0 Å². The van der Waals surface area contributed by atoms with E-state index in [0.29, 0.717) is 24.3 Å². The van der Waals surface area contributed by atoms with Crippen LogP contribution in [0.2, 0.25) is 0 Å². The van der Waals surface area contributed by atoms with E-state index in [-0.39, 0.29) is 22.6 Å². The summed E-state index contributed by atoms with van der Waals surface area (Å²) in [6.45, 7) is 0.498. The van der Waals surface area contributed by atoms with E-state index in [0.717, 1.165) is 36.2 Å². The van der Waals surface area contributed by atoms with E-state index < -0.39 is 10.0 Å². The standard InChI is InChI=1S/C19H24N2O4S2/c1-20-19(23)18-12-17(13-26-18)27(24,25)21-10-3-2-6-15(21)9-8-14-5-4-7-16(22)11-14/h4-5,7,11-13,15,22H,2-3,6,8-10H2,1H3,(H,20,23). The van der Waals surface area contributed by atoms with E-state index >= 15 is 0 Å². The van der Waals surface area contributed by atoms with Crippen molar-refractivity contribution in [2.75, 3.05) is 13.6 Å². The lowest BCUT2D eigenvalue weighted by Gasteiger charge is -2.34. The maximum absolute atomic E-state index is 13.1. The molecule has 1 atom stereocenters. The molecule has 0 radical (unpaired) electrons. The number of benzene rings is 1. The Balaban J connectivity index is 1.77. The number of hydrogen-bond donors (Lipinski definition) is 2. The van der Waals surface area contributed by atoms with Crippen LogP contribution in [-0.4, -0.2) is 43.4 Å². The van der Waals surface area contributed by atoms with Gasteiger partial charge in [0.05, 0.1) is 9.77 Å². The van der Waals surface area contributed by atoms with Crippen LogP contribution in [0.1, 0.15) is 40.9 Å². The van der Waals surface area contributed by atoms with Crippen molar-refractivity contribution in [3.05, 3.63) is 46.2 Å². The van der Waals surface area contributed by atoms with Crippen LogP contribution in [0.3, 0.4) is 0 Å². The van der Waals surface area contributed by atoms with Crippen molar-refractivity contribution in [3.8, 4) is 5.75 Å². The van der Waals surface area contributed by atoms with Gasteiger partial charge < -0.3 is 10.4 Å². The van der Waals surface area contributed by atoms with E-state index in [1.165, 1.54) is 13.1 Å². The van der Waals surface area contributed by atoms with Gasteiger partial charge in [0.15, 0.2) is 0 Å². The van der Waals surface area contributed by atoms with Gasteiger partial charge in [0.25, 0.3) is 5.91 Å². The second-order valence-electron chi connectivity index (χ2n) is 6.70. The topological polar surface area (TPSA) is 86.7 Å². The first kappa shape index (κ1) is 19.9. The Morgan fingerprint density at radius 1 is 1.33 bits per heavy atom. The summed E-state index contributed by atoms with van der Waals surface area (Å²) in [5.74, 6) is -0.0545. The minimum atomic E-state index is -3.63. The number of phenols is 1.